The molecule has 1 aliphatic carbocycles. The third-order valence-corrected chi connectivity index (χ3v) is 5.40. The summed E-state index contributed by atoms with van der Waals surface area (Å²) >= 11 is 0. The number of hydrogen-bond acceptors (Lipinski definition) is 4. The van der Waals surface area contributed by atoms with Gasteiger partial charge >= 0.3 is 29.6 Å². The summed E-state index contributed by atoms with van der Waals surface area (Å²) in [6.07, 6.45) is 7.88. The fourth-order valence-corrected chi connectivity index (χ4v) is 4.06. The standard InChI is InChI=1S/C21H32O4.Na/c22-19(11-5-4-9-17-7-2-1-3-8-17)13-12-18-10-6-14-21(25,15-18)16-20(23)24;/h1-3,7-8,18-19,22,25H,4-6,9-16H2,(H,23,24);/q;+1/p-1/t18-,19?,21+;/m1./s1. The van der Waals surface area contributed by atoms with E-state index in [0.29, 0.717) is 18.8 Å². The van der Waals surface area contributed by atoms with Crippen molar-refractivity contribution >= 4 is 5.97 Å². The normalized spacial score (nSPS) is 23.8. The van der Waals surface area contributed by atoms with Gasteiger partial charge in [0.1, 0.15) is 0 Å². The molecule has 5 heteroatoms. The van der Waals surface area contributed by atoms with Crippen LogP contribution in [0.25, 0.3) is 0 Å². The minimum atomic E-state index is -1.18. The zero-order chi connectivity index (χ0) is 18.1. The summed E-state index contributed by atoms with van der Waals surface area (Å²) < 4.78 is 0. The molecule has 0 saturated heterocycles. The van der Waals surface area contributed by atoms with Gasteiger partial charge in [-0.2, -0.15) is 0 Å². The maximum atomic E-state index is 10.8. The van der Waals surface area contributed by atoms with Crippen LogP contribution in [0.5, 0.6) is 0 Å². The summed E-state index contributed by atoms with van der Waals surface area (Å²) in [6, 6.07) is 10.4. The summed E-state index contributed by atoms with van der Waals surface area (Å²) in [6.45, 7) is 0. The van der Waals surface area contributed by atoms with Crippen LogP contribution >= 0.6 is 0 Å². The van der Waals surface area contributed by atoms with E-state index in [1.165, 1.54) is 5.56 Å². The Morgan fingerprint density at radius 3 is 2.65 bits per heavy atom. The van der Waals surface area contributed by atoms with Gasteiger partial charge in [0.05, 0.1) is 11.7 Å². The van der Waals surface area contributed by atoms with Gasteiger partial charge in [-0.05, 0) is 56.4 Å². The number of benzene rings is 1. The number of carboxylic acids is 1. The van der Waals surface area contributed by atoms with Crippen LogP contribution < -0.4 is 34.7 Å². The topological polar surface area (TPSA) is 80.6 Å². The van der Waals surface area contributed by atoms with Crippen LogP contribution in [-0.2, 0) is 11.2 Å². The van der Waals surface area contributed by atoms with E-state index >= 15 is 0 Å². The summed E-state index contributed by atoms with van der Waals surface area (Å²) in [5.41, 5.74) is 0.231. The number of unbranched alkanes of at least 4 members (excludes halogenated alkanes) is 1. The van der Waals surface area contributed by atoms with Gasteiger partial charge in [-0.25, -0.2) is 0 Å². The van der Waals surface area contributed by atoms with Crippen LogP contribution in [0.3, 0.4) is 0 Å². The number of rotatable bonds is 10. The maximum absolute atomic E-state index is 10.8. The van der Waals surface area contributed by atoms with Gasteiger partial charge < -0.3 is 20.1 Å². The summed E-state index contributed by atoms with van der Waals surface area (Å²) in [4.78, 5) is 10.8. The molecule has 3 atom stereocenters. The number of carbonyl (C=O) groups excluding carboxylic acids is 1. The predicted molar refractivity (Wildman–Crippen MR) is 95.8 cm³/mol. The third-order valence-electron chi connectivity index (χ3n) is 5.40. The fourth-order valence-electron chi connectivity index (χ4n) is 4.06. The van der Waals surface area contributed by atoms with E-state index in [-0.39, 0.29) is 42.1 Å². The molecule has 2 rings (SSSR count). The predicted octanol–water partition coefficient (Wildman–Crippen LogP) is -0.394. The maximum Gasteiger partial charge on any atom is 1.00 e. The Labute approximate surface area is 179 Å². The Bertz CT molecular complexity index is 522. The molecular weight excluding hydrogens is 339 g/mol. The molecule has 1 aliphatic rings. The Morgan fingerprint density at radius 2 is 1.96 bits per heavy atom. The van der Waals surface area contributed by atoms with Crippen molar-refractivity contribution in [3.63, 3.8) is 0 Å². The number of aliphatic hydroxyl groups excluding tert-OH is 1. The number of aryl methyl sites for hydroxylation is 1. The Morgan fingerprint density at radius 1 is 1.23 bits per heavy atom. The van der Waals surface area contributed by atoms with Gasteiger partial charge in [0.25, 0.3) is 0 Å². The van der Waals surface area contributed by atoms with Crippen LogP contribution in [0.1, 0.15) is 69.8 Å². The molecule has 0 bridgehead atoms. The van der Waals surface area contributed by atoms with E-state index < -0.39 is 11.6 Å². The van der Waals surface area contributed by atoms with Crippen LogP contribution in [0.15, 0.2) is 30.3 Å². The number of carboxylic acid groups (broad SMARTS) is 1. The van der Waals surface area contributed by atoms with Crippen LogP contribution in [-0.4, -0.2) is 27.9 Å². The van der Waals surface area contributed by atoms with Gasteiger partial charge in [-0.3, -0.25) is 0 Å². The zero-order valence-corrected chi connectivity index (χ0v) is 18.0. The van der Waals surface area contributed by atoms with E-state index in [1.54, 1.807) is 0 Å². The minimum absolute atomic E-state index is 0. The molecule has 0 spiro atoms. The van der Waals surface area contributed by atoms with Crippen LogP contribution in [0, 0.1) is 5.92 Å². The molecule has 0 heterocycles. The first kappa shape index (κ1) is 23.6. The van der Waals surface area contributed by atoms with Crippen molar-refractivity contribution in [2.45, 2.75) is 82.3 Å². The Hall–Kier alpha value is -0.390. The van der Waals surface area contributed by atoms with Crippen molar-refractivity contribution in [3.05, 3.63) is 35.9 Å². The largest absolute Gasteiger partial charge is 1.00 e. The zero-order valence-electron chi connectivity index (χ0n) is 16.0. The molecule has 0 radical (unpaired) electrons. The second-order valence-electron chi connectivity index (χ2n) is 7.70. The van der Waals surface area contributed by atoms with Crippen molar-refractivity contribution in [2.24, 2.45) is 5.92 Å². The molecule has 1 unspecified atom stereocenters. The molecule has 1 aromatic rings. The van der Waals surface area contributed by atoms with Crippen molar-refractivity contribution in [1.82, 2.24) is 0 Å². The Balaban J connectivity index is 0.00000338. The van der Waals surface area contributed by atoms with E-state index in [0.717, 1.165) is 51.4 Å². The summed E-state index contributed by atoms with van der Waals surface area (Å²) in [7, 11) is 0. The van der Waals surface area contributed by atoms with E-state index in [1.807, 2.05) is 6.07 Å². The first-order chi connectivity index (χ1) is 12.0. The van der Waals surface area contributed by atoms with Gasteiger partial charge in [0.2, 0.25) is 0 Å². The summed E-state index contributed by atoms with van der Waals surface area (Å²) in [5.74, 6) is -0.876. The monoisotopic (exact) mass is 370 g/mol. The summed E-state index contributed by atoms with van der Waals surface area (Å²) in [5, 5.41) is 31.3. The van der Waals surface area contributed by atoms with E-state index in [9.17, 15) is 20.1 Å². The van der Waals surface area contributed by atoms with Crippen molar-refractivity contribution in [3.8, 4) is 0 Å². The second-order valence-corrected chi connectivity index (χ2v) is 7.70. The molecular formula is C21H31NaO4. The molecule has 0 aromatic heterocycles. The number of carbonyl (C=O) groups is 1. The molecule has 26 heavy (non-hydrogen) atoms. The average Bonchev–Trinajstić information content (AvgIpc) is 2.57. The number of aliphatic hydroxyl groups is 2. The van der Waals surface area contributed by atoms with Crippen molar-refractivity contribution < 1.29 is 49.7 Å². The quantitative estimate of drug-likeness (QED) is 0.434. The van der Waals surface area contributed by atoms with E-state index in [2.05, 4.69) is 24.3 Å². The van der Waals surface area contributed by atoms with E-state index in [4.69, 9.17) is 0 Å². The third kappa shape index (κ3) is 9.01. The van der Waals surface area contributed by atoms with Gasteiger partial charge in [0, 0.05) is 12.4 Å². The van der Waals surface area contributed by atoms with Crippen LogP contribution in [0.4, 0.5) is 0 Å². The number of aliphatic carboxylic acids is 1. The van der Waals surface area contributed by atoms with Gasteiger partial charge in [0.15, 0.2) is 0 Å². The molecule has 0 amide bonds. The molecule has 1 aromatic carbocycles. The average molecular weight is 370 g/mol. The van der Waals surface area contributed by atoms with Crippen molar-refractivity contribution in [1.29, 1.82) is 0 Å². The molecule has 140 valence electrons. The fraction of sp³-hybridized carbons (Fsp3) is 0.667. The molecule has 2 N–H and O–H groups in total. The minimum Gasteiger partial charge on any atom is -0.550 e. The first-order valence-corrected chi connectivity index (χ1v) is 9.61. The number of hydrogen-bond donors (Lipinski definition) is 2. The Kier molecular flexibility index (Phi) is 11.0. The SMILES string of the molecule is O=C([O-])C[C@]1(O)CCC[C@H](CCC(O)CCCCc2ccccc2)C1.[Na+]. The van der Waals surface area contributed by atoms with Crippen molar-refractivity contribution in [2.75, 3.05) is 0 Å². The molecule has 1 saturated carbocycles. The molecule has 1 fully saturated rings. The van der Waals surface area contributed by atoms with Crippen LogP contribution in [0.2, 0.25) is 0 Å². The molecule has 0 aliphatic heterocycles. The second kappa shape index (κ2) is 12.1. The van der Waals surface area contributed by atoms with Gasteiger partial charge in [-0.1, -0.05) is 49.6 Å². The first-order valence-electron chi connectivity index (χ1n) is 9.61. The molecule has 4 nitrogen and oxygen atoms in total. The van der Waals surface area contributed by atoms with Gasteiger partial charge in [-0.15, -0.1) is 0 Å². The smallest absolute Gasteiger partial charge is 0.550 e.